The first-order valence-corrected chi connectivity index (χ1v) is 4.55. The average molecular weight is 210 g/mol. The number of aromatic nitrogens is 1. The lowest BCUT2D eigenvalue weighted by Crippen LogP contribution is -2.34. The van der Waals surface area contributed by atoms with E-state index >= 15 is 0 Å². The van der Waals surface area contributed by atoms with Gasteiger partial charge in [-0.15, -0.1) is 0 Å². The minimum absolute atomic E-state index is 0.331. The van der Waals surface area contributed by atoms with Crippen LogP contribution in [-0.2, 0) is 9.53 Å². The molecule has 0 fully saturated rings. The average Bonchev–Trinajstić information content (AvgIpc) is 2.25. The van der Waals surface area contributed by atoms with Crippen LogP contribution in [0.3, 0.4) is 0 Å². The molecule has 0 saturated carbocycles. The van der Waals surface area contributed by atoms with Crippen LogP contribution in [0.25, 0.3) is 0 Å². The molecule has 0 bridgehead atoms. The van der Waals surface area contributed by atoms with Gasteiger partial charge in [-0.05, 0) is 24.6 Å². The first-order chi connectivity index (χ1) is 7.17. The van der Waals surface area contributed by atoms with Crippen molar-refractivity contribution in [3.05, 3.63) is 23.9 Å². The van der Waals surface area contributed by atoms with Crippen LogP contribution in [0.5, 0.6) is 0 Å². The number of nitrogens with one attached hydrogen (secondary N) is 1. The second-order valence-electron chi connectivity index (χ2n) is 3.12. The Morgan fingerprint density at radius 1 is 1.73 bits per heavy atom. The van der Waals surface area contributed by atoms with Crippen molar-refractivity contribution >= 4 is 11.8 Å². The fraction of sp³-hybridized carbons (Fsp3) is 0.400. The van der Waals surface area contributed by atoms with E-state index in [-0.39, 0.29) is 6.61 Å². The zero-order valence-corrected chi connectivity index (χ0v) is 8.73. The Morgan fingerprint density at radius 3 is 3.00 bits per heavy atom. The summed E-state index contributed by atoms with van der Waals surface area (Å²) in [6, 6.07) is 2.85. The Balaban J connectivity index is 2.70. The monoisotopic (exact) mass is 210 g/mol. The lowest BCUT2D eigenvalue weighted by atomic mass is 10.2. The van der Waals surface area contributed by atoms with Crippen molar-refractivity contribution in [2.45, 2.75) is 13.0 Å². The lowest BCUT2D eigenvalue weighted by molar-refractivity contribution is -0.142. The van der Waals surface area contributed by atoms with Gasteiger partial charge in [0.25, 0.3) is 0 Å². The molecule has 0 aliphatic carbocycles. The Morgan fingerprint density at radius 2 is 2.47 bits per heavy atom. The topological polar surface area (TPSA) is 71.5 Å². The van der Waals surface area contributed by atoms with Crippen LogP contribution in [0.15, 0.2) is 18.3 Å². The van der Waals surface area contributed by atoms with Gasteiger partial charge in [-0.1, -0.05) is 0 Å². The number of aliphatic hydroxyl groups excluding tert-OH is 1. The molecule has 0 aliphatic rings. The normalized spacial score (nSPS) is 11.9. The van der Waals surface area contributed by atoms with Crippen LogP contribution in [0.1, 0.15) is 5.56 Å². The third kappa shape index (κ3) is 3.21. The number of carbonyl (C=O) groups is 1. The first kappa shape index (κ1) is 11.5. The number of aryl methyl sites for hydroxylation is 1. The molecule has 1 aromatic rings. The highest BCUT2D eigenvalue weighted by Crippen LogP contribution is 2.07. The smallest absolute Gasteiger partial charge is 0.330 e. The van der Waals surface area contributed by atoms with Gasteiger partial charge in [0.05, 0.1) is 13.7 Å². The number of hydrogen-bond acceptors (Lipinski definition) is 5. The highest BCUT2D eigenvalue weighted by molar-refractivity contribution is 5.78. The number of aliphatic hydroxyl groups is 1. The zero-order chi connectivity index (χ0) is 11.3. The van der Waals surface area contributed by atoms with Crippen molar-refractivity contribution in [1.29, 1.82) is 0 Å². The largest absolute Gasteiger partial charge is 0.467 e. The van der Waals surface area contributed by atoms with Crippen molar-refractivity contribution in [3.8, 4) is 0 Å². The standard InChI is InChI=1S/C10H14N2O3/c1-7-3-4-11-9(5-7)12-8(6-13)10(14)15-2/h3-5,8,13H,6H2,1-2H3,(H,11,12). The zero-order valence-electron chi connectivity index (χ0n) is 8.73. The van der Waals surface area contributed by atoms with Crippen molar-refractivity contribution in [1.82, 2.24) is 4.98 Å². The highest BCUT2D eigenvalue weighted by atomic mass is 16.5. The minimum atomic E-state index is -0.774. The van der Waals surface area contributed by atoms with Crippen molar-refractivity contribution in [3.63, 3.8) is 0 Å². The van der Waals surface area contributed by atoms with Gasteiger partial charge >= 0.3 is 5.97 Å². The molecule has 5 heteroatoms. The molecule has 0 saturated heterocycles. The molecular formula is C10H14N2O3. The van der Waals surface area contributed by atoms with Crippen LogP contribution in [0, 0.1) is 6.92 Å². The van der Waals surface area contributed by atoms with E-state index in [1.807, 2.05) is 13.0 Å². The number of nitrogens with zero attached hydrogens (tertiary/aromatic N) is 1. The molecule has 0 amide bonds. The van der Waals surface area contributed by atoms with Gasteiger partial charge in [-0.3, -0.25) is 0 Å². The predicted molar refractivity (Wildman–Crippen MR) is 55.5 cm³/mol. The molecule has 1 heterocycles. The van der Waals surface area contributed by atoms with Crippen molar-refractivity contribution < 1.29 is 14.6 Å². The van der Waals surface area contributed by atoms with E-state index in [1.54, 1.807) is 12.3 Å². The van der Waals surface area contributed by atoms with Crippen LogP contribution in [0.4, 0.5) is 5.82 Å². The SMILES string of the molecule is COC(=O)C(CO)Nc1cc(C)ccn1. The number of anilines is 1. The van der Waals surface area contributed by atoms with E-state index in [0.29, 0.717) is 5.82 Å². The Hall–Kier alpha value is -1.62. The predicted octanol–water partition coefficient (Wildman–Crippen LogP) is 0.336. The number of esters is 1. The molecule has 0 aliphatic heterocycles. The summed E-state index contributed by atoms with van der Waals surface area (Å²) in [5, 5.41) is 11.8. The van der Waals surface area contributed by atoms with Crippen molar-refractivity contribution in [2.24, 2.45) is 0 Å². The Kier molecular flexibility index (Phi) is 4.05. The summed E-state index contributed by atoms with van der Waals surface area (Å²) < 4.78 is 4.52. The minimum Gasteiger partial charge on any atom is -0.467 e. The number of pyridine rings is 1. The summed E-state index contributed by atoms with van der Waals surface area (Å²) in [5.41, 5.74) is 1.02. The summed E-state index contributed by atoms with van der Waals surface area (Å²) in [6.07, 6.45) is 1.63. The van der Waals surface area contributed by atoms with Gasteiger partial charge in [0, 0.05) is 6.20 Å². The fourth-order valence-corrected chi connectivity index (χ4v) is 1.11. The van der Waals surface area contributed by atoms with Crippen LogP contribution in [-0.4, -0.2) is 35.8 Å². The summed E-state index contributed by atoms with van der Waals surface area (Å²) in [4.78, 5) is 15.2. The second kappa shape index (κ2) is 5.31. The molecule has 1 atom stereocenters. The maximum atomic E-state index is 11.2. The molecule has 0 spiro atoms. The van der Waals surface area contributed by atoms with Crippen LogP contribution in [0.2, 0.25) is 0 Å². The van der Waals surface area contributed by atoms with E-state index in [0.717, 1.165) is 5.56 Å². The number of carbonyl (C=O) groups excluding carboxylic acids is 1. The summed E-state index contributed by atoms with van der Waals surface area (Å²) in [7, 11) is 1.27. The van der Waals surface area contributed by atoms with Gasteiger partial charge < -0.3 is 15.2 Å². The molecule has 2 N–H and O–H groups in total. The maximum absolute atomic E-state index is 11.2. The van der Waals surface area contributed by atoms with Crippen LogP contribution < -0.4 is 5.32 Å². The fourth-order valence-electron chi connectivity index (χ4n) is 1.11. The number of methoxy groups -OCH3 is 1. The second-order valence-corrected chi connectivity index (χ2v) is 3.12. The molecular weight excluding hydrogens is 196 g/mol. The molecule has 15 heavy (non-hydrogen) atoms. The molecule has 5 nitrogen and oxygen atoms in total. The van der Waals surface area contributed by atoms with E-state index in [2.05, 4.69) is 15.0 Å². The third-order valence-electron chi connectivity index (χ3n) is 1.91. The Labute approximate surface area is 88.1 Å². The molecule has 1 rings (SSSR count). The molecule has 1 unspecified atom stereocenters. The highest BCUT2D eigenvalue weighted by Gasteiger charge is 2.17. The summed E-state index contributed by atoms with van der Waals surface area (Å²) in [6.45, 7) is 1.58. The summed E-state index contributed by atoms with van der Waals surface area (Å²) >= 11 is 0. The van der Waals surface area contributed by atoms with E-state index in [4.69, 9.17) is 5.11 Å². The van der Waals surface area contributed by atoms with Gasteiger partial charge in [0.15, 0.2) is 0 Å². The first-order valence-electron chi connectivity index (χ1n) is 4.55. The van der Waals surface area contributed by atoms with E-state index in [9.17, 15) is 4.79 Å². The quantitative estimate of drug-likeness (QED) is 0.701. The molecule has 0 aromatic carbocycles. The van der Waals surface area contributed by atoms with Crippen LogP contribution >= 0.6 is 0 Å². The van der Waals surface area contributed by atoms with Gasteiger partial charge in [0.1, 0.15) is 11.9 Å². The molecule has 1 aromatic heterocycles. The van der Waals surface area contributed by atoms with Gasteiger partial charge in [-0.25, -0.2) is 9.78 Å². The molecule has 0 radical (unpaired) electrons. The number of rotatable bonds is 4. The number of ether oxygens (including phenoxy) is 1. The van der Waals surface area contributed by atoms with E-state index in [1.165, 1.54) is 7.11 Å². The lowest BCUT2D eigenvalue weighted by Gasteiger charge is -2.14. The molecule has 82 valence electrons. The van der Waals surface area contributed by atoms with E-state index < -0.39 is 12.0 Å². The van der Waals surface area contributed by atoms with Gasteiger partial charge in [-0.2, -0.15) is 0 Å². The van der Waals surface area contributed by atoms with Gasteiger partial charge in [0.2, 0.25) is 0 Å². The third-order valence-corrected chi connectivity index (χ3v) is 1.91. The van der Waals surface area contributed by atoms with Crippen molar-refractivity contribution in [2.75, 3.05) is 19.0 Å². The summed E-state index contributed by atoms with van der Waals surface area (Å²) in [5.74, 6) is 0.0280. The Bertz CT molecular complexity index is 341. The number of hydrogen-bond donors (Lipinski definition) is 2. The maximum Gasteiger partial charge on any atom is 0.330 e.